The molecule has 0 aliphatic heterocycles. The summed E-state index contributed by atoms with van der Waals surface area (Å²) in [4.78, 5) is 0. The van der Waals surface area contributed by atoms with Gasteiger partial charge in [0.1, 0.15) is 5.75 Å². The van der Waals surface area contributed by atoms with Crippen LogP contribution in [-0.4, -0.2) is 6.61 Å². The molecule has 2 N–H and O–H groups in total. The zero-order chi connectivity index (χ0) is 15.5. The SMILES string of the molecule is CCCOc1ccc(-c2ccc(C(F)(F)F)cc2N)cc1. The number of benzene rings is 2. The second-order valence-electron chi connectivity index (χ2n) is 4.67. The lowest BCUT2D eigenvalue weighted by molar-refractivity contribution is -0.137. The molecule has 21 heavy (non-hydrogen) atoms. The number of alkyl halides is 3. The van der Waals surface area contributed by atoms with Gasteiger partial charge in [-0.15, -0.1) is 0 Å². The highest BCUT2D eigenvalue weighted by Crippen LogP contribution is 2.34. The van der Waals surface area contributed by atoms with Gasteiger partial charge in [0.05, 0.1) is 12.2 Å². The van der Waals surface area contributed by atoms with Crippen LogP contribution in [0.15, 0.2) is 42.5 Å². The van der Waals surface area contributed by atoms with Crippen LogP contribution in [0.4, 0.5) is 18.9 Å². The summed E-state index contributed by atoms with van der Waals surface area (Å²) in [5.74, 6) is 0.728. The van der Waals surface area contributed by atoms with Gasteiger partial charge in [-0.25, -0.2) is 0 Å². The van der Waals surface area contributed by atoms with Crippen LogP contribution in [0.3, 0.4) is 0 Å². The Balaban J connectivity index is 2.26. The van der Waals surface area contributed by atoms with Crippen molar-refractivity contribution in [3.63, 3.8) is 0 Å². The molecule has 0 aromatic heterocycles. The zero-order valence-electron chi connectivity index (χ0n) is 11.6. The quantitative estimate of drug-likeness (QED) is 0.827. The molecule has 0 aliphatic rings. The predicted octanol–water partition coefficient (Wildman–Crippen LogP) is 4.74. The minimum atomic E-state index is -4.38. The third-order valence-electron chi connectivity index (χ3n) is 3.02. The first-order chi connectivity index (χ1) is 9.91. The summed E-state index contributed by atoms with van der Waals surface area (Å²) in [6.45, 7) is 2.64. The minimum absolute atomic E-state index is 0.104. The van der Waals surface area contributed by atoms with E-state index in [-0.39, 0.29) is 5.69 Å². The summed E-state index contributed by atoms with van der Waals surface area (Å²) < 4.78 is 43.3. The standard InChI is InChI=1S/C16H16F3NO/c1-2-9-21-13-6-3-11(4-7-13)14-8-5-12(10-15(14)20)16(17,18)19/h3-8,10H,2,9,20H2,1H3. The van der Waals surface area contributed by atoms with Crippen molar-refractivity contribution in [2.45, 2.75) is 19.5 Å². The van der Waals surface area contributed by atoms with Crippen LogP contribution in [-0.2, 0) is 6.18 Å². The van der Waals surface area contributed by atoms with E-state index >= 15 is 0 Å². The van der Waals surface area contributed by atoms with Crippen molar-refractivity contribution in [3.8, 4) is 16.9 Å². The Labute approximate surface area is 121 Å². The molecule has 2 nitrogen and oxygen atoms in total. The van der Waals surface area contributed by atoms with Crippen LogP contribution in [0.2, 0.25) is 0 Å². The number of nitrogen functional groups attached to an aromatic ring is 1. The van der Waals surface area contributed by atoms with E-state index in [4.69, 9.17) is 10.5 Å². The van der Waals surface area contributed by atoms with Gasteiger partial charge in [0, 0.05) is 11.3 Å². The Morgan fingerprint density at radius 3 is 2.24 bits per heavy atom. The van der Waals surface area contributed by atoms with Crippen LogP contribution < -0.4 is 10.5 Å². The zero-order valence-corrected chi connectivity index (χ0v) is 11.6. The molecule has 5 heteroatoms. The van der Waals surface area contributed by atoms with Crippen LogP contribution in [0, 0.1) is 0 Å². The third kappa shape index (κ3) is 3.68. The Hall–Kier alpha value is -2.17. The first kappa shape index (κ1) is 15.2. The number of anilines is 1. The van der Waals surface area contributed by atoms with Gasteiger partial charge in [-0.3, -0.25) is 0 Å². The van der Waals surface area contributed by atoms with E-state index in [1.54, 1.807) is 24.3 Å². The third-order valence-corrected chi connectivity index (χ3v) is 3.02. The normalized spacial score (nSPS) is 11.4. The van der Waals surface area contributed by atoms with E-state index in [0.717, 1.165) is 29.9 Å². The van der Waals surface area contributed by atoms with Crippen LogP contribution in [0.25, 0.3) is 11.1 Å². The molecule has 0 heterocycles. The Kier molecular flexibility index (Phi) is 4.40. The lowest BCUT2D eigenvalue weighted by atomic mass is 10.0. The molecule has 0 spiro atoms. The molecule has 0 bridgehead atoms. The summed E-state index contributed by atoms with van der Waals surface area (Å²) in [6.07, 6.45) is -3.47. The smallest absolute Gasteiger partial charge is 0.416 e. The number of hydrogen-bond acceptors (Lipinski definition) is 2. The molecule has 112 valence electrons. The van der Waals surface area contributed by atoms with Crippen molar-refractivity contribution < 1.29 is 17.9 Å². The molecular formula is C16H16F3NO. The molecule has 0 saturated carbocycles. The highest BCUT2D eigenvalue weighted by molar-refractivity contribution is 5.77. The number of ether oxygens (including phenoxy) is 1. The van der Waals surface area contributed by atoms with E-state index in [1.807, 2.05) is 6.92 Å². The molecule has 0 aliphatic carbocycles. The Bertz CT molecular complexity index is 606. The summed E-state index contributed by atoms with van der Waals surface area (Å²) in [6, 6.07) is 10.5. The van der Waals surface area contributed by atoms with Crippen molar-refractivity contribution in [1.82, 2.24) is 0 Å². The molecule has 0 saturated heterocycles. The molecule has 2 rings (SSSR count). The highest BCUT2D eigenvalue weighted by Gasteiger charge is 2.30. The second-order valence-corrected chi connectivity index (χ2v) is 4.67. The number of rotatable bonds is 4. The number of nitrogens with two attached hydrogens (primary N) is 1. The van der Waals surface area contributed by atoms with Crippen molar-refractivity contribution >= 4 is 5.69 Å². The summed E-state index contributed by atoms with van der Waals surface area (Å²) in [7, 11) is 0. The average molecular weight is 295 g/mol. The van der Waals surface area contributed by atoms with E-state index in [0.29, 0.717) is 12.2 Å². The maximum absolute atomic E-state index is 12.6. The molecule has 0 amide bonds. The Morgan fingerprint density at radius 1 is 1.05 bits per heavy atom. The van der Waals surface area contributed by atoms with Gasteiger partial charge in [0.25, 0.3) is 0 Å². The van der Waals surface area contributed by atoms with E-state index in [2.05, 4.69) is 0 Å². The summed E-state index contributed by atoms with van der Waals surface area (Å²) in [5, 5.41) is 0. The fraction of sp³-hybridized carbons (Fsp3) is 0.250. The molecule has 0 atom stereocenters. The van der Waals surface area contributed by atoms with Gasteiger partial charge in [0.2, 0.25) is 0 Å². The minimum Gasteiger partial charge on any atom is -0.494 e. The number of hydrogen-bond donors (Lipinski definition) is 1. The van der Waals surface area contributed by atoms with Crippen molar-refractivity contribution in [2.75, 3.05) is 12.3 Å². The van der Waals surface area contributed by atoms with Crippen molar-refractivity contribution in [2.24, 2.45) is 0 Å². The fourth-order valence-corrected chi connectivity index (χ4v) is 1.95. The predicted molar refractivity (Wildman–Crippen MR) is 77.1 cm³/mol. The topological polar surface area (TPSA) is 35.2 Å². The second kappa shape index (κ2) is 6.08. The van der Waals surface area contributed by atoms with Gasteiger partial charge in [-0.2, -0.15) is 13.2 Å². The highest BCUT2D eigenvalue weighted by atomic mass is 19.4. The van der Waals surface area contributed by atoms with Gasteiger partial charge in [0.15, 0.2) is 0 Å². The fourth-order valence-electron chi connectivity index (χ4n) is 1.95. The van der Waals surface area contributed by atoms with Gasteiger partial charge in [-0.1, -0.05) is 25.1 Å². The average Bonchev–Trinajstić information content (AvgIpc) is 2.45. The van der Waals surface area contributed by atoms with Crippen LogP contribution in [0.5, 0.6) is 5.75 Å². The molecule has 2 aromatic rings. The van der Waals surface area contributed by atoms with Crippen LogP contribution >= 0.6 is 0 Å². The Morgan fingerprint density at radius 2 is 1.71 bits per heavy atom. The van der Waals surface area contributed by atoms with Crippen molar-refractivity contribution in [1.29, 1.82) is 0 Å². The first-order valence-corrected chi connectivity index (χ1v) is 6.61. The lowest BCUT2D eigenvalue weighted by Gasteiger charge is -2.11. The first-order valence-electron chi connectivity index (χ1n) is 6.61. The maximum atomic E-state index is 12.6. The lowest BCUT2D eigenvalue weighted by Crippen LogP contribution is -2.06. The molecule has 0 fully saturated rings. The molecule has 0 unspecified atom stereocenters. The maximum Gasteiger partial charge on any atom is 0.416 e. The van der Waals surface area contributed by atoms with Crippen LogP contribution in [0.1, 0.15) is 18.9 Å². The van der Waals surface area contributed by atoms with Gasteiger partial charge >= 0.3 is 6.18 Å². The van der Waals surface area contributed by atoms with E-state index in [1.165, 1.54) is 6.07 Å². The summed E-state index contributed by atoms with van der Waals surface area (Å²) in [5.41, 5.74) is 6.43. The monoisotopic (exact) mass is 295 g/mol. The van der Waals surface area contributed by atoms with Gasteiger partial charge in [-0.05, 0) is 36.2 Å². The molecular weight excluding hydrogens is 279 g/mol. The van der Waals surface area contributed by atoms with E-state index in [9.17, 15) is 13.2 Å². The largest absolute Gasteiger partial charge is 0.494 e. The van der Waals surface area contributed by atoms with Crippen molar-refractivity contribution in [3.05, 3.63) is 48.0 Å². The molecule has 0 radical (unpaired) electrons. The van der Waals surface area contributed by atoms with E-state index < -0.39 is 11.7 Å². The molecule has 2 aromatic carbocycles. The van der Waals surface area contributed by atoms with Gasteiger partial charge < -0.3 is 10.5 Å². The summed E-state index contributed by atoms with van der Waals surface area (Å²) >= 11 is 0. The number of halogens is 3.